The lowest BCUT2D eigenvalue weighted by atomic mass is 10.2. The second-order valence-corrected chi connectivity index (χ2v) is 5.37. The van der Waals surface area contributed by atoms with Crippen LogP contribution in [0.2, 0.25) is 0 Å². The maximum absolute atomic E-state index is 12.2. The molecule has 5 nitrogen and oxygen atoms in total. The van der Waals surface area contributed by atoms with Crippen LogP contribution in [-0.2, 0) is 0 Å². The van der Waals surface area contributed by atoms with Gasteiger partial charge in [0.15, 0.2) is 0 Å². The van der Waals surface area contributed by atoms with E-state index in [1.165, 1.54) is 11.5 Å². The third kappa shape index (κ3) is 2.71. The highest BCUT2D eigenvalue weighted by Crippen LogP contribution is 2.13. The van der Waals surface area contributed by atoms with Crippen LogP contribution in [0, 0.1) is 6.92 Å². The van der Waals surface area contributed by atoms with Crippen molar-refractivity contribution in [3.05, 3.63) is 58.5 Å². The van der Waals surface area contributed by atoms with Gasteiger partial charge in [0.05, 0.1) is 7.11 Å². The van der Waals surface area contributed by atoms with Gasteiger partial charge in [-0.05, 0) is 48.8 Å². The Hall–Kier alpha value is -2.47. The SMILES string of the molecule is COc1cccc(C(=O)N=c2nc3cccc(C)n3s2)c1. The van der Waals surface area contributed by atoms with E-state index in [-0.39, 0.29) is 5.91 Å². The molecule has 106 valence electrons. The number of hydrogen-bond donors (Lipinski definition) is 0. The molecule has 0 aliphatic carbocycles. The Bertz CT molecular complexity index is 880. The number of hydrogen-bond acceptors (Lipinski definition) is 4. The normalized spacial score (nSPS) is 11.8. The van der Waals surface area contributed by atoms with Crippen molar-refractivity contribution in [3.63, 3.8) is 0 Å². The zero-order valence-corrected chi connectivity index (χ0v) is 12.4. The molecule has 0 unspecified atom stereocenters. The molecule has 0 saturated carbocycles. The minimum atomic E-state index is -0.328. The van der Waals surface area contributed by atoms with E-state index in [1.807, 2.05) is 28.9 Å². The average Bonchev–Trinajstić information content (AvgIpc) is 2.91. The molecule has 2 heterocycles. The number of carbonyl (C=O) groups excluding carboxylic acids is 1. The Morgan fingerprint density at radius 3 is 2.86 bits per heavy atom. The Morgan fingerprint density at radius 1 is 1.29 bits per heavy atom. The molecule has 21 heavy (non-hydrogen) atoms. The number of rotatable bonds is 2. The van der Waals surface area contributed by atoms with E-state index in [2.05, 4.69) is 9.98 Å². The first-order valence-electron chi connectivity index (χ1n) is 6.36. The summed E-state index contributed by atoms with van der Waals surface area (Å²) in [7, 11) is 1.56. The van der Waals surface area contributed by atoms with Crippen LogP contribution in [-0.4, -0.2) is 21.8 Å². The summed E-state index contributed by atoms with van der Waals surface area (Å²) in [6.45, 7) is 1.98. The molecule has 0 spiro atoms. The highest BCUT2D eigenvalue weighted by molar-refractivity contribution is 7.03. The Balaban J connectivity index is 2.02. The predicted molar refractivity (Wildman–Crippen MR) is 80.7 cm³/mol. The summed E-state index contributed by atoms with van der Waals surface area (Å²) in [5.41, 5.74) is 2.33. The van der Waals surface area contributed by atoms with Crippen LogP contribution in [0.3, 0.4) is 0 Å². The number of aromatic nitrogens is 2. The highest BCUT2D eigenvalue weighted by atomic mass is 32.1. The average molecular weight is 299 g/mol. The summed E-state index contributed by atoms with van der Waals surface area (Å²) < 4.78 is 7.05. The summed E-state index contributed by atoms with van der Waals surface area (Å²) in [6, 6.07) is 12.7. The molecular weight excluding hydrogens is 286 g/mol. The van der Waals surface area contributed by atoms with Crippen molar-refractivity contribution >= 4 is 23.1 Å². The standard InChI is InChI=1S/C15H13N3O2S/c1-10-5-3-8-13-16-15(21-18(10)13)17-14(19)11-6-4-7-12(9-11)20-2/h3-9H,1-2H3. The van der Waals surface area contributed by atoms with Crippen LogP contribution in [0.5, 0.6) is 5.75 Å². The van der Waals surface area contributed by atoms with E-state index >= 15 is 0 Å². The second-order valence-electron chi connectivity index (χ2n) is 4.45. The first kappa shape index (κ1) is 13.5. The lowest BCUT2D eigenvalue weighted by Crippen LogP contribution is -2.05. The molecule has 3 aromatic rings. The van der Waals surface area contributed by atoms with Gasteiger partial charge in [-0.3, -0.25) is 8.58 Å². The van der Waals surface area contributed by atoms with Crippen molar-refractivity contribution in [1.82, 2.24) is 8.77 Å². The Morgan fingerprint density at radius 2 is 2.10 bits per heavy atom. The Labute approximate surface area is 125 Å². The smallest absolute Gasteiger partial charge is 0.279 e. The van der Waals surface area contributed by atoms with Crippen LogP contribution >= 0.6 is 11.5 Å². The number of pyridine rings is 1. The van der Waals surface area contributed by atoms with Crippen molar-refractivity contribution in [2.24, 2.45) is 4.99 Å². The molecule has 0 atom stereocenters. The van der Waals surface area contributed by atoms with E-state index in [4.69, 9.17) is 4.74 Å². The zero-order chi connectivity index (χ0) is 14.8. The summed E-state index contributed by atoms with van der Waals surface area (Å²) in [4.78, 5) is 21.0. The maximum Gasteiger partial charge on any atom is 0.279 e. The lowest BCUT2D eigenvalue weighted by Gasteiger charge is -1.99. The molecular formula is C15H13N3O2S. The number of methoxy groups -OCH3 is 1. The fraction of sp³-hybridized carbons (Fsp3) is 0.133. The van der Waals surface area contributed by atoms with E-state index in [0.29, 0.717) is 16.1 Å². The van der Waals surface area contributed by atoms with Gasteiger partial charge in [0.2, 0.25) is 4.80 Å². The predicted octanol–water partition coefficient (Wildman–Crippen LogP) is 2.45. The molecule has 2 aromatic heterocycles. The molecule has 6 heteroatoms. The summed E-state index contributed by atoms with van der Waals surface area (Å²) in [6.07, 6.45) is 0. The molecule has 0 bridgehead atoms. The molecule has 0 saturated heterocycles. The Kier molecular flexibility index (Phi) is 3.53. The van der Waals surface area contributed by atoms with E-state index in [9.17, 15) is 4.79 Å². The monoisotopic (exact) mass is 299 g/mol. The van der Waals surface area contributed by atoms with Crippen molar-refractivity contribution in [1.29, 1.82) is 0 Å². The summed E-state index contributed by atoms with van der Waals surface area (Å²) >= 11 is 1.34. The molecule has 0 N–H and O–H groups in total. The fourth-order valence-electron chi connectivity index (χ4n) is 1.94. The van der Waals surface area contributed by atoms with Crippen LogP contribution in [0.15, 0.2) is 47.5 Å². The molecule has 3 rings (SSSR count). The van der Waals surface area contributed by atoms with Gasteiger partial charge in [-0.1, -0.05) is 12.1 Å². The molecule has 0 aliphatic heterocycles. The maximum atomic E-state index is 12.2. The first-order chi connectivity index (χ1) is 10.2. The first-order valence-corrected chi connectivity index (χ1v) is 7.13. The van der Waals surface area contributed by atoms with Crippen LogP contribution in [0.4, 0.5) is 0 Å². The minimum Gasteiger partial charge on any atom is -0.497 e. The van der Waals surface area contributed by atoms with Crippen LogP contribution in [0.1, 0.15) is 16.1 Å². The number of fused-ring (bicyclic) bond motifs is 1. The van der Waals surface area contributed by atoms with Crippen molar-refractivity contribution in [2.45, 2.75) is 6.92 Å². The number of nitrogens with zero attached hydrogens (tertiary/aromatic N) is 3. The van der Waals surface area contributed by atoms with Gasteiger partial charge in [-0.25, -0.2) is 0 Å². The molecule has 0 radical (unpaired) electrons. The van der Waals surface area contributed by atoms with Crippen molar-refractivity contribution < 1.29 is 9.53 Å². The van der Waals surface area contributed by atoms with Gasteiger partial charge in [-0.2, -0.15) is 9.98 Å². The molecule has 0 fully saturated rings. The van der Waals surface area contributed by atoms with Gasteiger partial charge in [0.25, 0.3) is 5.91 Å². The fourth-order valence-corrected chi connectivity index (χ4v) is 2.77. The van der Waals surface area contributed by atoms with E-state index in [0.717, 1.165) is 11.3 Å². The third-order valence-corrected chi connectivity index (χ3v) is 4.01. The summed E-state index contributed by atoms with van der Waals surface area (Å²) in [5.74, 6) is 0.303. The van der Waals surface area contributed by atoms with Gasteiger partial charge in [-0.15, -0.1) is 0 Å². The summed E-state index contributed by atoms with van der Waals surface area (Å²) in [5, 5.41) is 0. The highest BCUT2D eigenvalue weighted by Gasteiger charge is 2.07. The van der Waals surface area contributed by atoms with Crippen LogP contribution < -0.4 is 9.54 Å². The van der Waals surface area contributed by atoms with E-state index < -0.39 is 0 Å². The van der Waals surface area contributed by atoms with Gasteiger partial charge < -0.3 is 4.74 Å². The van der Waals surface area contributed by atoms with Crippen molar-refractivity contribution in [3.8, 4) is 5.75 Å². The molecule has 0 aliphatic rings. The largest absolute Gasteiger partial charge is 0.497 e. The van der Waals surface area contributed by atoms with Gasteiger partial charge >= 0.3 is 0 Å². The number of carbonyl (C=O) groups is 1. The number of ether oxygens (including phenoxy) is 1. The second kappa shape index (κ2) is 5.49. The minimum absolute atomic E-state index is 0.328. The van der Waals surface area contributed by atoms with Crippen molar-refractivity contribution in [2.75, 3.05) is 7.11 Å². The van der Waals surface area contributed by atoms with Gasteiger partial charge in [0, 0.05) is 11.3 Å². The number of amides is 1. The number of benzene rings is 1. The zero-order valence-electron chi connectivity index (χ0n) is 11.6. The molecule has 1 aromatic carbocycles. The van der Waals surface area contributed by atoms with E-state index in [1.54, 1.807) is 31.4 Å². The third-order valence-electron chi connectivity index (χ3n) is 3.01. The number of aryl methyl sites for hydroxylation is 1. The molecule has 1 amide bonds. The van der Waals surface area contributed by atoms with Crippen LogP contribution in [0.25, 0.3) is 5.65 Å². The van der Waals surface area contributed by atoms with Gasteiger partial charge in [0.1, 0.15) is 11.4 Å². The topological polar surface area (TPSA) is 56.0 Å². The quantitative estimate of drug-likeness (QED) is 0.730. The lowest BCUT2D eigenvalue weighted by molar-refractivity contribution is 0.0998.